The fraction of sp³-hybridized carbons (Fsp3) is 1.00. The summed E-state index contributed by atoms with van der Waals surface area (Å²) in [6.07, 6.45) is 2.97. The number of aliphatic hydroxyl groups is 1. The molecule has 3 heteroatoms. The average Bonchev–Trinajstić information content (AvgIpc) is 1.83. The molecule has 1 fully saturated rings. The van der Waals surface area contributed by atoms with Gasteiger partial charge in [0.2, 0.25) is 0 Å². The van der Waals surface area contributed by atoms with Gasteiger partial charge in [0.1, 0.15) is 12.1 Å². The molecule has 0 spiro atoms. The first-order chi connectivity index (χ1) is 4.22. The second-order valence-electron chi connectivity index (χ2n) is 2.92. The predicted molar refractivity (Wildman–Crippen MR) is 33.2 cm³/mol. The van der Waals surface area contributed by atoms with Crippen LogP contribution in [0.3, 0.4) is 0 Å². The molecule has 0 aromatic rings. The first-order valence-corrected chi connectivity index (χ1v) is 3.56. The molecule has 0 saturated heterocycles. The molecule has 9 heavy (non-hydrogen) atoms. The Morgan fingerprint density at radius 3 is 2.33 bits per heavy atom. The van der Waals surface area contributed by atoms with E-state index in [0.29, 0.717) is 6.04 Å². The molecule has 0 amide bonds. The number of hydrogen-bond acceptors (Lipinski definition) is 1. The maximum absolute atomic E-state index is 9.25. The third-order valence-electron chi connectivity index (χ3n) is 2.17. The van der Waals surface area contributed by atoms with E-state index < -0.39 is 0 Å². The second kappa shape index (κ2) is 2.64. The summed E-state index contributed by atoms with van der Waals surface area (Å²) >= 11 is 0. The highest BCUT2D eigenvalue weighted by atomic mass is 16.3. The number of rotatable bonds is 0. The van der Waals surface area contributed by atoms with Crippen LogP contribution in [-0.2, 0) is 0 Å². The van der Waals surface area contributed by atoms with Crippen molar-refractivity contribution in [1.29, 1.82) is 0 Å². The Morgan fingerprint density at radius 2 is 1.89 bits per heavy atom. The second-order valence-corrected chi connectivity index (χ2v) is 2.92. The maximum Gasteiger partial charge on any atom is 0.163 e. The molecule has 0 aromatic heterocycles. The Labute approximate surface area is 55.0 Å². The summed E-state index contributed by atoms with van der Waals surface area (Å²) in [5.41, 5.74) is 7.75. The summed E-state index contributed by atoms with van der Waals surface area (Å²) in [5, 5.41) is 9.25. The van der Waals surface area contributed by atoms with Gasteiger partial charge in [-0.3, -0.25) is 0 Å². The number of aliphatic hydroxyl groups excluding tert-OH is 1. The SMILES string of the molecule is [NH3+][C@H]1[C@H](O)CCC[C@@H]1[NH3+]. The van der Waals surface area contributed by atoms with Gasteiger partial charge in [0, 0.05) is 6.42 Å². The van der Waals surface area contributed by atoms with E-state index in [1.165, 1.54) is 0 Å². The van der Waals surface area contributed by atoms with Crippen LogP contribution in [0.15, 0.2) is 0 Å². The molecular weight excluding hydrogens is 116 g/mol. The fourth-order valence-corrected chi connectivity index (χ4v) is 1.33. The smallest absolute Gasteiger partial charge is 0.163 e. The lowest BCUT2D eigenvalue weighted by Gasteiger charge is -2.24. The molecule has 0 aromatic carbocycles. The van der Waals surface area contributed by atoms with E-state index in [9.17, 15) is 5.11 Å². The molecule has 1 aliphatic carbocycles. The molecule has 3 nitrogen and oxygen atoms in total. The minimum Gasteiger partial charge on any atom is -0.387 e. The van der Waals surface area contributed by atoms with Crippen molar-refractivity contribution in [3.05, 3.63) is 0 Å². The molecule has 1 saturated carbocycles. The predicted octanol–water partition coefficient (Wildman–Crippen LogP) is -2.25. The van der Waals surface area contributed by atoms with Crippen LogP contribution < -0.4 is 11.5 Å². The van der Waals surface area contributed by atoms with Crippen LogP contribution >= 0.6 is 0 Å². The van der Waals surface area contributed by atoms with E-state index in [-0.39, 0.29) is 12.1 Å². The summed E-state index contributed by atoms with van der Waals surface area (Å²) in [7, 11) is 0. The van der Waals surface area contributed by atoms with E-state index >= 15 is 0 Å². The highest BCUT2D eigenvalue weighted by molar-refractivity contribution is 4.78. The lowest BCUT2D eigenvalue weighted by atomic mass is 9.89. The van der Waals surface area contributed by atoms with E-state index in [2.05, 4.69) is 11.5 Å². The maximum atomic E-state index is 9.25. The summed E-state index contributed by atoms with van der Waals surface area (Å²) < 4.78 is 0. The molecule has 3 atom stereocenters. The van der Waals surface area contributed by atoms with E-state index in [1.54, 1.807) is 0 Å². The van der Waals surface area contributed by atoms with Crippen molar-refractivity contribution < 1.29 is 16.6 Å². The van der Waals surface area contributed by atoms with Gasteiger partial charge in [0.25, 0.3) is 0 Å². The van der Waals surface area contributed by atoms with Gasteiger partial charge >= 0.3 is 0 Å². The zero-order valence-electron chi connectivity index (χ0n) is 5.71. The molecule has 0 aliphatic heterocycles. The lowest BCUT2D eigenvalue weighted by Crippen LogP contribution is -2.83. The highest BCUT2D eigenvalue weighted by Crippen LogP contribution is 2.13. The van der Waals surface area contributed by atoms with Gasteiger partial charge in [-0.05, 0) is 12.8 Å². The normalized spacial score (nSPS) is 45.0. The van der Waals surface area contributed by atoms with Gasteiger partial charge in [-0.15, -0.1) is 0 Å². The summed E-state index contributed by atoms with van der Waals surface area (Å²) in [6, 6.07) is 0.535. The Balaban J connectivity index is 2.41. The van der Waals surface area contributed by atoms with Gasteiger partial charge in [-0.1, -0.05) is 0 Å². The average molecular weight is 132 g/mol. The van der Waals surface area contributed by atoms with Crippen LogP contribution in [0.1, 0.15) is 19.3 Å². The fourth-order valence-electron chi connectivity index (χ4n) is 1.33. The van der Waals surface area contributed by atoms with Gasteiger partial charge in [-0.25, -0.2) is 0 Å². The lowest BCUT2D eigenvalue weighted by molar-refractivity contribution is -0.544. The van der Waals surface area contributed by atoms with Gasteiger partial charge in [0.15, 0.2) is 6.04 Å². The van der Waals surface area contributed by atoms with E-state index in [0.717, 1.165) is 19.3 Å². The van der Waals surface area contributed by atoms with Crippen molar-refractivity contribution in [3.8, 4) is 0 Å². The van der Waals surface area contributed by atoms with Crippen LogP contribution in [0.2, 0.25) is 0 Å². The topological polar surface area (TPSA) is 75.5 Å². The van der Waals surface area contributed by atoms with Crippen molar-refractivity contribution >= 4 is 0 Å². The third kappa shape index (κ3) is 1.41. The third-order valence-corrected chi connectivity index (χ3v) is 2.17. The molecule has 54 valence electrons. The zero-order chi connectivity index (χ0) is 6.85. The first-order valence-electron chi connectivity index (χ1n) is 3.56. The van der Waals surface area contributed by atoms with Crippen molar-refractivity contribution in [1.82, 2.24) is 0 Å². The molecule has 7 N–H and O–H groups in total. The molecule has 1 aliphatic rings. The Morgan fingerprint density at radius 1 is 1.22 bits per heavy atom. The summed E-state index contributed by atoms with van der Waals surface area (Å²) in [6.45, 7) is 0. The monoisotopic (exact) mass is 132 g/mol. The zero-order valence-corrected chi connectivity index (χ0v) is 5.71. The summed E-state index contributed by atoms with van der Waals surface area (Å²) in [5.74, 6) is 0. The Bertz CT molecular complexity index is 87.1. The van der Waals surface area contributed by atoms with Crippen molar-refractivity contribution in [2.45, 2.75) is 37.5 Å². The van der Waals surface area contributed by atoms with Crippen molar-refractivity contribution in [2.24, 2.45) is 0 Å². The largest absolute Gasteiger partial charge is 0.387 e. The van der Waals surface area contributed by atoms with Gasteiger partial charge in [-0.2, -0.15) is 0 Å². The van der Waals surface area contributed by atoms with Crippen LogP contribution in [0.4, 0.5) is 0 Å². The highest BCUT2D eigenvalue weighted by Gasteiger charge is 2.31. The minimum absolute atomic E-state index is 0.166. The van der Waals surface area contributed by atoms with Crippen LogP contribution in [0.25, 0.3) is 0 Å². The molecule has 0 heterocycles. The number of hydrogen-bond donors (Lipinski definition) is 3. The molecule has 0 unspecified atom stereocenters. The van der Waals surface area contributed by atoms with E-state index in [1.807, 2.05) is 0 Å². The van der Waals surface area contributed by atoms with Crippen LogP contribution in [0, 0.1) is 0 Å². The van der Waals surface area contributed by atoms with Crippen LogP contribution in [0.5, 0.6) is 0 Å². The summed E-state index contributed by atoms with van der Waals surface area (Å²) in [4.78, 5) is 0. The molecule has 0 bridgehead atoms. The molecule has 0 radical (unpaired) electrons. The van der Waals surface area contributed by atoms with Gasteiger partial charge < -0.3 is 16.6 Å². The van der Waals surface area contributed by atoms with Crippen molar-refractivity contribution in [2.75, 3.05) is 0 Å². The number of quaternary nitrogens is 2. The van der Waals surface area contributed by atoms with Crippen LogP contribution in [-0.4, -0.2) is 23.3 Å². The van der Waals surface area contributed by atoms with E-state index in [4.69, 9.17) is 0 Å². The Kier molecular flexibility index (Phi) is 2.05. The standard InChI is InChI=1S/C6H14N2O/c7-4-2-1-3-5(9)6(4)8/h4-6,9H,1-3,7-8H2/p+2/t4-,5+,6+/m0/s1. The Hall–Kier alpha value is -0.120. The quantitative estimate of drug-likeness (QED) is 0.342. The van der Waals surface area contributed by atoms with Crippen molar-refractivity contribution in [3.63, 3.8) is 0 Å². The minimum atomic E-state index is -0.193. The molecular formula is C6H16N2O+2. The first kappa shape index (κ1) is 6.99. The molecule has 1 rings (SSSR count). The van der Waals surface area contributed by atoms with Gasteiger partial charge in [0.05, 0.1) is 0 Å².